The Morgan fingerprint density at radius 2 is 2.07 bits per heavy atom. The fourth-order valence-corrected chi connectivity index (χ4v) is 6.13. The molecule has 1 saturated carbocycles. The summed E-state index contributed by atoms with van der Waals surface area (Å²) in [6.07, 6.45) is 5.94. The van der Waals surface area contributed by atoms with Gasteiger partial charge in [-0.3, -0.25) is 4.68 Å². The van der Waals surface area contributed by atoms with Gasteiger partial charge < -0.3 is 9.47 Å². The molecule has 1 saturated heterocycles. The topological polar surface area (TPSA) is 73.7 Å². The molecular weight excluding hydrogens is 366 g/mol. The van der Waals surface area contributed by atoms with Crippen molar-refractivity contribution in [3.05, 3.63) is 36.7 Å². The lowest BCUT2D eigenvalue weighted by Crippen LogP contribution is -2.47. The number of sulfonamides is 1. The maximum absolute atomic E-state index is 13.3. The number of benzene rings is 1. The molecule has 1 aliphatic heterocycles. The molecule has 2 heterocycles. The van der Waals surface area contributed by atoms with Crippen molar-refractivity contribution in [1.29, 1.82) is 0 Å². The smallest absolute Gasteiger partial charge is 0.246 e. The van der Waals surface area contributed by atoms with E-state index in [0.29, 0.717) is 24.8 Å². The molecule has 4 rings (SSSR count). The standard InChI is InChI=1S/C19H25N3O4S/c1-3-21-12-18(11-20-21)27(23,24)22-15-8-7-14(9-15)19(22)13-26-17-6-4-5-16(10-17)25-2/h4-6,10-12,14-15,19H,3,7-9,13H2,1-2H3/t14-,15-,19-/m0/s1. The van der Waals surface area contributed by atoms with Crippen LogP contribution in [0.4, 0.5) is 0 Å². The van der Waals surface area contributed by atoms with Gasteiger partial charge in [-0.25, -0.2) is 8.42 Å². The first-order valence-electron chi connectivity index (χ1n) is 9.35. The van der Waals surface area contributed by atoms with E-state index in [1.165, 1.54) is 6.20 Å². The van der Waals surface area contributed by atoms with E-state index in [4.69, 9.17) is 9.47 Å². The number of hydrogen-bond donors (Lipinski definition) is 0. The maximum Gasteiger partial charge on any atom is 0.246 e. The van der Waals surface area contributed by atoms with E-state index in [1.807, 2.05) is 31.2 Å². The summed E-state index contributed by atoms with van der Waals surface area (Å²) in [5.74, 6) is 1.75. The molecule has 146 valence electrons. The predicted molar refractivity (Wildman–Crippen MR) is 100 cm³/mol. The van der Waals surface area contributed by atoms with Crippen LogP contribution in [0.1, 0.15) is 26.2 Å². The second-order valence-electron chi connectivity index (χ2n) is 7.15. The molecule has 8 heteroatoms. The van der Waals surface area contributed by atoms with Crippen LogP contribution in [0.5, 0.6) is 11.5 Å². The lowest BCUT2D eigenvalue weighted by molar-refractivity contribution is 0.162. The molecule has 2 aliphatic rings. The van der Waals surface area contributed by atoms with E-state index in [0.717, 1.165) is 25.0 Å². The van der Waals surface area contributed by atoms with Gasteiger partial charge in [0.25, 0.3) is 0 Å². The molecule has 0 N–H and O–H groups in total. The monoisotopic (exact) mass is 391 g/mol. The van der Waals surface area contributed by atoms with Gasteiger partial charge in [-0.2, -0.15) is 9.40 Å². The lowest BCUT2D eigenvalue weighted by Gasteiger charge is -2.33. The number of nitrogens with zero attached hydrogens (tertiary/aromatic N) is 3. The Morgan fingerprint density at radius 1 is 1.26 bits per heavy atom. The molecular formula is C19H25N3O4S. The average Bonchev–Trinajstić information content (AvgIpc) is 3.41. The number of ether oxygens (including phenoxy) is 2. The van der Waals surface area contributed by atoms with E-state index in [1.54, 1.807) is 22.3 Å². The Morgan fingerprint density at radius 3 is 2.81 bits per heavy atom. The maximum atomic E-state index is 13.3. The Labute approximate surface area is 159 Å². The van der Waals surface area contributed by atoms with Crippen molar-refractivity contribution in [2.45, 2.75) is 49.7 Å². The van der Waals surface area contributed by atoms with Crippen LogP contribution >= 0.6 is 0 Å². The molecule has 27 heavy (non-hydrogen) atoms. The van der Waals surface area contributed by atoms with Crippen LogP contribution < -0.4 is 9.47 Å². The minimum atomic E-state index is -3.58. The van der Waals surface area contributed by atoms with E-state index in [2.05, 4.69) is 5.10 Å². The number of fused-ring (bicyclic) bond motifs is 2. The van der Waals surface area contributed by atoms with Crippen LogP contribution in [0, 0.1) is 5.92 Å². The van der Waals surface area contributed by atoms with Gasteiger partial charge in [0.1, 0.15) is 23.0 Å². The molecule has 0 spiro atoms. The molecule has 0 unspecified atom stereocenters. The van der Waals surface area contributed by atoms with Crippen LogP contribution in [0.3, 0.4) is 0 Å². The number of methoxy groups -OCH3 is 1. The van der Waals surface area contributed by atoms with Crippen molar-refractivity contribution in [3.63, 3.8) is 0 Å². The largest absolute Gasteiger partial charge is 0.497 e. The summed E-state index contributed by atoms with van der Waals surface area (Å²) in [4.78, 5) is 0.267. The highest BCUT2D eigenvalue weighted by Crippen LogP contribution is 2.45. The summed E-state index contributed by atoms with van der Waals surface area (Å²) < 4.78 is 41.1. The highest BCUT2D eigenvalue weighted by Gasteiger charge is 2.52. The van der Waals surface area contributed by atoms with Crippen LogP contribution in [-0.4, -0.2) is 48.3 Å². The van der Waals surface area contributed by atoms with Crippen molar-refractivity contribution in [1.82, 2.24) is 14.1 Å². The summed E-state index contributed by atoms with van der Waals surface area (Å²) in [5.41, 5.74) is 0. The zero-order valence-electron chi connectivity index (χ0n) is 15.6. The van der Waals surface area contributed by atoms with Gasteiger partial charge in [0.15, 0.2) is 0 Å². The van der Waals surface area contributed by atoms with Crippen molar-refractivity contribution in [2.24, 2.45) is 5.92 Å². The van der Waals surface area contributed by atoms with Gasteiger partial charge in [0, 0.05) is 24.8 Å². The van der Waals surface area contributed by atoms with Gasteiger partial charge in [0.2, 0.25) is 10.0 Å². The van der Waals surface area contributed by atoms with E-state index in [-0.39, 0.29) is 17.0 Å². The van der Waals surface area contributed by atoms with Crippen LogP contribution in [0.15, 0.2) is 41.6 Å². The molecule has 1 aromatic carbocycles. The minimum absolute atomic E-state index is 0.0592. The fourth-order valence-electron chi connectivity index (χ4n) is 4.28. The Kier molecular flexibility index (Phi) is 4.86. The number of aromatic nitrogens is 2. The summed E-state index contributed by atoms with van der Waals surface area (Å²) in [7, 11) is -1.97. The number of piperidine rings is 1. The van der Waals surface area contributed by atoms with Crippen LogP contribution in [0.25, 0.3) is 0 Å². The summed E-state index contributed by atoms with van der Waals surface area (Å²) in [5, 5.41) is 4.14. The van der Waals surface area contributed by atoms with Crippen LogP contribution in [-0.2, 0) is 16.6 Å². The van der Waals surface area contributed by atoms with Gasteiger partial charge in [0.05, 0.1) is 19.3 Å². The first-order valence-corrected chi connectivity index (χ1v) is 10.8. The molecule has 0 radical (unpaired) electrons. The second kappa shape index (κ2) is 7.16. The molecule has 2 fully saturated rings. The van der Waals surface area contributed by atoms with Gasteiger partial charge in [-0.15, -0.1) is 0 Å². The number of rotatable bonds is 7. The van der Waals surface area contributed by atoms with Crippen molar-refractivity contribution >= 4 is 10.0 Å². The zero-order valence-corrected chi connectivity index (χ0v) is 16.4. The molecule has 1 aliphatic carbocycles. The molecule has 2 aromatic rings. The molecule has 1 aromatic heterocycles. The van der Waals surface area contributed by atoms with Crippen molar-refractivity contribution in [3.8, 4) is 11.5 Å². The average molecular weight is 391 g/mol. The highest BCUT2D eigenvalue weighted by atomic mass is 32.2. The molecule has 3 atom stereocenters. The molecule has 0 amide bonds. The van der Waals surface area contributed by atoms with Crippen LogP contribution in [0.2, 0.25) is 0 Å². The summed E-state index contributed by atoms with van der Waals surface area (Å²) in [6.45, 7) is 2.92. The minimum Gasteiger partial charge on any atom is -0.497 e. The van der Waals surface area contributed by atoms with E-state index in [9.17, 15) is 8.42 Å². The van der Waals surface area contributed by atoms with Crippen molar-refractivity contribution in [2.75, 3.05) is 13.7 Å². The fraction of sp³-hybridized carbons (Fsp3) is 0.526. The third-order valence-electron chi connectivity index (χ3n) is 5.65. The number of hydrogen-bond acceptors (Lipinski definition) is 5. The Bertz CT molecular complexity index is 911. The van der Waals surface area contributed by atoms with Gasteiger partial charge >= 0.3 is 0 Å². The first-order chi connectivity index (χ1) is 13.0. The quantitative estimate of drug-likeness (QED) is 0.725. The highest BCUT2D eigenvalue weighted by molar-refractivity contribution is 7.89. The first kappa shape index (κ1) is 18.3. The Hall–Kier alpha value is -2.06. The van der Waals surface area contributed by atoms with Gasteiger partial charge in [-0.05, 0) is 44.2 Å². The van der Waals surface area contributed by atoms with Gasteiger partial charge in [-0.1, -0.05) is 6.07 Å². The SMILES string of the molecule is CCn1cc(S(=O)(=O)N2[C@H]3CC[C@@H](C3)[C@@H]2COc2cccc(OC)c2)cn1. The van der Waals surface area contributed by atoms with E-state index < -0.39 is 10.0 Å². The summed E-state index contributed by atoms with van der Waals surface area (Å²) >= 11 is 0. The third-order valence-corrected chi connectivity index (χ3v) is 7.58. The number of aryl methyl sites for hydroxylation is 1. The Balaban J connectivity index is 1.55. The second-order valence-corrected chi connectivity index (χ2v) is 8.99. The van der Waals surface area contributed by atoms with E-state index >= 15 is 0 Å². The lowest BCUT2D eigenvalue weighted by atomic mass is 10.0. The summed E-state index contributed by atoms with van der Waals surface area (Å²) in [6, 6.07) is 7.31. The third kappa shape index (κ3) is 3.32. The molecule has 2 bridgehead atoms. The predicted octanol–water partition coefficient (Wildman–Crippen LogP) is 2.53. The van der Waals surface area contributed by atoms with Crippen molar-refractivity contribution < 1.29 is 17.9 Å². The molecule has 7 nitrogen and oxygen atoms in total. The normalized spacial score (nSPS) is 25.0. The zero-order chi connectivity index (χ0) is 19.0.